The molecule has 2 amide bonds. The normalized spacial score (nSPS) is 29.8. The van der Waals surface area contributed by atoms with Gasteiger partial charge in [0.1, 0.15) is 6.10 Å². The Morgan fingerprint density at radius 3 is 2.96 bits per heavy atom. The molecule has 0 aromatic carbocycles. The summed E-state index contributed by atoms with van der Waals surface area (Å²) in [5.74, 6) is 0. The zero-order valence-corrected chi connectivity index (χ0v) is 14.0. The molecule has 0 N–H and O–H groups in total. The number of carbonyl (C=O) groups excluding carboxylic acids is 1. The molecule has 1 saturated carbocycles. The molecule has 1 aliphatic carbocycles. The predicted molar refractivity (Wildman–Crippen MR) is 88.5 cm³/mol. The number of hydrogen-bond donors (Lipinski definition) is 0. The van der Waals surface area contributed by atoms with Crippen LogP contribution < -0.4 is 0 Å². The molecule has 130 valence electrons. The molecular weight excluding hydrogens is 306 g/mol. The highest BCUT2D eigenvalue weighted by Gasteiger charge is 2.45. The maximum Gasteiger partial charge on any atom is 0.320 e. The molecule has 6 heteroatoms. The van der Waals surface area contributed by atoms with Gasteiger partial charge < -0.3 is 19.3 Å². The van der Waals surface area contributed by atoms with Crippen LogP contribution in [0.1, 0.15) is 31.2 Å². The second kappa shape index (κ2) is 7.07. The minimum atomic E-state index is -0.0424. The molecule has 2 aliphatic heterocycles. The lowest BCUT2D eigenvalue weighted by Crippen LogP contribution is -2.51. The Morgan fingerprint density at radius 2 is 2.17 bits per heavy atom. The standard InChI is InChI=1S/C18H25N3O3/c22-18(20-8-1-2-9-20)21-10-11-23-16-6-5-15(21)17(16)24-13-14-4-3-7-19-12-14/h3-4,7,12,15-17H,1-2,5-6,8-11,13H2/t15-,16-,17+/m0/s1. The van der Waals surface area contributed by atoms with Crippen LogP contribution in [-0.2, 0) is 16.1 Å². The third kappa shape index (κ3) is 3.13. The fraction of sp³-hybridized carbons (Fsp3) is 0.667. The van der Waals surface area contributed by atoms with Gasteiger partial charge in [0.25, 0.3) is 0 Å². The number of hydrogen-bond acceptors (Lipinski definition) is 4. The highest BCUT2D eigenvalue weighted by molar-refractivity contribution is 5.75. The number of pyridine rings is 1. The first kappa shape index (κ1) is 15.8. The van der Waals surface area contributed by atoms with Crippen LogP contribution >= 0.6 is 0 Å². The molecule has 0 spiro atoms. The Bertz CT molecular complexity index is 562. The van der Waals surface area contributed by atoms with E-state index >= 15 is 0 Å². The molecule has 2 saturated heterocycles. The zero-order valence-electron chi connectivity index (χ0n) is 14.0. The van der Waals surface area contributed by atoms with Gasteiger partial charge in [0.05, 0.1) is 25.4 Å². The number of rotatable bonds is 3. The van der Waals surface area contributed by atoms with E-state index in [1.807, 2.05) is 28.1 Å². The van der Waals surface area contributed by atoms with Crippen molar-refractivity contribution in [2.75, 3.05) is 26.2 Å². The number of likely N-dealkylation sites (tertiary alicyclic amines) is 1. The van der Waals surface area contributed by atoms with Crippen molar-refractivity contribution in [1.29, 1.82) is 0 Å². The van der Waals surface area contributed by atoms with E-state index in [2.05, 4.69) is 4.98 Å². The monoisotopic (exact) mass is 331 g/mol. The van der Waals surface area contributed by atoms with Gasteiger partial charge in [0.2, 0.25) is 0 Å². The average molecular weight is 331 g/mol. The third-order valence-corrected chi connectivity index (χ3v) is 5.34. The molecule has 24 heavy (non-hydrogen) atoms. The minimum absolute atomic E-state index is 0.0424. The topological polar surface area (TPSA) is 54.9 Å². The van der Waals surface area contributed by atoms with Gasteiger partial charge in [-0.3, -0.25) is 4.98 Å². The van der Waals surface area contributed by atoms with Gasteiger partial charge in [-0.05, 0) is 37.3 Å². The number of amides is 2. The number of fused-ring (bicyclic) bond motifs is 2. The van der Waals surface area contributed by atoms with Crippen molar-refractivity contribution in [3.8, 4) is 0 Å². The van der Waals surface area contributed by atoms with Crippen LogP contribution in [0.4, 0.5) is 4.79 Å². The van der Waals surface area contributed by atoms with Crippen molar-refractivity contribution >= 4 is 6.03 Å². The highest BCUT2D eigenvalue weighted by Crippen LogP contribution is 2.33. The SMILES string of the molecule is O=C(N1CCCC1)N1CCO[C@H]2CC[C@H]1[C@H]2OCc1cccnc1. The summed E-state index contributed by atoms with van der Waals surface area (Å²) in [6.07, 6.45) is 7.80. The number of ether oxygens (including phenoxy) is 2. The predicted octanol–water partition coefficient (Wildman–Crippen LogP) is 2.05. The summed E-state index contributed by atoms with van der Waals surface area (Å²) in [5.41, 5.74) is 1.05. The van der Waals surface area contributed by atoms with Crippen LogP contribution in [0.15, 0.2) is 24.5 Å². The summed E-state index contributed by atoms with van der Waals surface area (Å²) in [5, 5.41) is 0. The molecule has 3 fully saturated rings. The van der Waals surface area contributed by atoms with E-state index in [9.17, 15) is 4.79 Å². The van der Waals surface area contributed by atoms with Crippen molar-refractivity contribution in [3.63, 3.8) is 0 Å². The van der Waals surface area contributed by atoms with Crippen LogP contribution in [0, 0.1) is 0 Å². The van der Waals surface area contributed by atoms with Crippen molar-refractivity contribution < 1.29 is 14.3 Å². The maximum atomic E-state index is 12.9. The van der Waals surface area contributed by atoms with Crippen LogP contribution in [0.3, 0.4) is 0 Å². The molecule has 0 unspecified atom stereocenters. The highest BCUT2D eigenvalue weighted by atomic mass is 16.5. The summed E-state index contributed by atoms with van der Waals surface area (Å²) in [7, 11) is 0. The third-order valence-electron chi connectivity index (χ3n) is 5.34. The van der Waals surface area contributed by atoms with Crippen LogP contribution in [-0.4, -0.2) is 65.3 Å². The summed E-state index contributed by atoms with van der Waals surface area (Å²) in [4.78, 5) is 21.0. The van der Waals surface area contributed by atoms with Crippen molar-refractivity contribution in [2.24, 2.45) is 0 Å². The molecule has 3 aliphatic rings. The fourth-order valence-corrected chi connectivity index (χ4v) is 4.11. The molecule has 6 nitrogen and oxygen atoms in total. The second-order valence-electron chi connectivity index (χ2n) is 6.86. The van der Waals surface area contributed by atoms with E-state index in [0.717, 1.165) is 44.3 Å². The fourth-order valence-electron chi connectivity index (χ4n) is 4.11. The first-order valence-corrected chi connectivity index (χ1v) is 9.00. The molecule has 3 atom stereocenters. The second-order valence-corrected chi connectivity index (χ2v) is 6.86. The van der Waals surface area contributed by atoms with Gasteiger partial charge in [0.15, 0.2) is 0 Å². The van der Waals surface area contributed by atoms with E-state index in [4.69, 9.17) is 9.47 Å². The first-order chi connectivity index (χ1) is 11.8. The summed E-state index contributed by atoms with van der Waals surface area (Å²) < 4.78 is 12.2. The Balaban J connectivity index is 1.46. The number of carbonyl (C=O) groups is 1. The minimum Gasteiger partial charge on any atom is -0.374 e. The van der Waals surface area contributed by atoms with Crippen LogP contribution in [0.2, 0.25) is 0 Å². The van der Waals surface area contributed by atoms with E-state index in [1.165, 1.54) is 0 Å². The van der Waals surface area contributed by atoms with E-state index in [-0.39, 0.29) is 24.3 Å². The Morgan fingerprint density at radius 1 is 1.29 bits per heavy atom. The van der Waals surface area contributed by atoms with E-state index < -0.39 is 0 Å². The van der Waals surface area contributed by atoms with Crippen molar-refractivity contribution in [3.05, 3.63) is 30.1 Å². The van der Waals surface area contributed by atoms with Crippen molar-refractivity contribution in [1.82, 2.24) is 14.8 Å². The summed E-state index contributed by atoms with van der Waals surface area (Å²) in [6.45, 7) is 3.55. The van der Waals surface area contributed by atoms with E-state index in [1.54, 1.807) is 6.20 Å². The van der Waals surface area contributed by atoms with Crippen LogP contribution in [0.5, 0.6) is 0 Å². The number of aromatic nitrogens is 1. The van der Waals surface area contributed by atoms with Crippen LogP contribution in [0.25, 0.3) is 0 Å². The molecule has 4 rings (SSSR count). The Kier molecular flexibility index (Phi) is 4.67. The average Bonchev–Trinajstić information content (AvgIpc) is 3.22. The lowest BCUT2D eigenvalue weighted by Gasteiger charge is -2.34. The molecule has 1 aromatic heterocycles. The molecule has 2 bridgehead atoms. The van der Waals surface area contributed by atoms with Gasteiger partial charge >= 0.3 is 6.03 Å². The Labute approximate surface area is 142 Å². The number of nitrogens with zero attached hydrogens (tertiary/aromatic N) is 3. The van der Waals surface area contributed by atoms with Gasteiger partial charge in [-0.15, -0.1) is 0 Å². The van der Waals surface area contributed by atoms with Gasteiger partial charge in [-0.2, -0.15) is 0 Å². The Hall–Kier alpha value is -1.66. The zero-order chi connectivity index (χ0) is 16.4. The smallest absolute Gasteiger partial charge is 0.320 e. The largest absolute Gasteiger partial charge is 0.374 e. The lowest BCUT2D eigenvalue weighted by molar-refractivity contribution is -0.0597. The molecule has 1 aromatic rings. The summed E-state index contributed by atoms with van der Waals surface area (Å²) in [6, 6.07) is 4.22. The molecular formula is C18H25N3O3. The first-order valence-electron chi connectivity index (χ1n) is 9.00. The van der Waals surface area contributed by atoms with E-state index in [0.29, 0.717) is 19.8 Å². The number of urea groups is 1. The molecule has 0 radical (unpaired) electrons. The van der Waals surface area contributed by atoms with Gasteiger partial charge in [-0.25, -0.2) is 4.79 Å². The lowest BCUT2D eigenvalue weighted by atomic mass is 10.1. The van der Waals surface area contributed by atoms with Crippen molar-refractivity contribution in [2.45, 2.75) is 50.5 Å². The quantitative estimate of drug-likeness (QED) is 0.851. The van der Waals surface area contributed by atoms with Gasteiger partial charge in [-0.1, -0.05) is 6.07 Å². The van der Waals surface area contributed by atoms with Gasteiger partial charge in [0, 0.05) is 32.0 Å². The summed E-state index contributed by atoms with van der Waals surface area (Å²) >= 11 is 0. The maximum absolute atomic E-state index is 12.9. The molecule has 3 heterocycles.